The molecule has 4 rings (SSSR count). The van der Waals surface area contributed by atoms with Gasteiger partial charge in [-0.1, -0.05) is 18.2 Å². The highest BCUT2D eigenvalue weighted by Crippen LogP contribution is 2.43. The number of piperidine rings is 1. The summed E-state index contributed by atoms with van der Waals surface area (Å²) < 4.78 is 5.65. The Morgan fingerprint density at radius 2 is 1.88 bits per heavy atom. The third-order valence-corrected chi connectivity index (χ3v) is 6.74. The summed E-state index contributed by atoms with van der Waals surface area (Å²) in [6.45, 7) is 5.19. The number of halogens is 1. The molecule has 178 valence electrons. The Morgan fingerprint density at radius 1 is 1.15 bits per heavy atom. The van der Waals surface area contributed by atoms with Gasteiger partial charge in [-0.05, 0) is 62.9 Å². The van der Waals surface area contributed by atoms with Crippen molar-refractivity contribution in [2.24, 2.45) is 5.41 Å². The predicted molar refractivity (Wildman–Crippen MR) is 130 cm³/mol. The number of hydrogen-bond acceptors (Lipinski definition) is 5. The van der Waals surface area contributed by atoms with Crippen LogP contribution in [0, 0.1) is 5.41 Å². The van der Waals surface area contributed by atoms with Crippen LogP contribution in [-0.2, 0) is 11.3 Å². The summed E-state index contributed by atoms with van der Waals surface area (Å²) in [5, 5.41) is 3.04. The summed E-state index contributed by atoms with van der Waals surface area (Å²) >= 11 is 0. The second kappa shape index (κ2) is 11.0. The Morgan fingerprint density at radius 3 is 2.58 bits per heavy atom. The molecule has 3 heterocycles. The second-order valence-corrected chi connectivity index (χ2v) is 8.90. The highest BCUT2D eigenvalue weighted by atomic mass is 35.5. The standard InChI is InChI=1S/C25H32N4O3.ClH/c1-3-32-22-10-5-4-9-20(22)24(31)29-14-11-25(12-15-29)16-21(28(2)18-25)23(30)27-17-19-8-6-7-13-26-19;/h4-10,13,21H,3,11-12,14-18H2,1-2H3,(H,27,30);1H. The fraction of sp³-hybridized carbons (Fsp3) is 0.480. The topological polar surface area (TPSA) is 74.8 Å². The molecule has 1 aromatic heterocycles. The minimum Gasteiger partial charge on any atom is -0.493 e. The number of nitrogens with one attached hydrogen (secondary N) is 1. The zero-order valence-electron chi connectivity index (χ0n) is 19.3. The molecule has 2 aliphatic rings. The lowest BCUT2D eigenvalue weighted by Crippen LogP contribution is -2.44. The molecule has 33 heavy (non-hydrogen) atoms. The maximum absolute atomic E-state index is 13.1. The van der Waals surface area contributed by atoms with Crippen LogP contribution in [0.15, 0.2) is 48.7 Å². The van der Waals surface area contributed by atoms with Crippen molar-refractivity contribution in [2.45, 2.75) is 38.8 Å². The summed E-state index contributed by atoms with van der Waals surface area (Å²) in [5.41, 5.74) is 1.56. The number of benzene rings is 1. The van der Waals surface area contributed by atoms with Crippen molar-refractivity contribution in [3.63, 3.8) is 0 Å². The Bertz CT molecular complexity index is 948. The van der Waals surface area contributed by atoms with Crippen LogP contribution in [0.1, 0.15) is 42.2 Å². The van der Waals surface area contributed by atoms with E-state index >= 15 is 0 Å². The van der Waals surface area contributed by atoms with E-state index in [-0.39, 0.29) is 35.7 Å². The van der Waals surface area contributed by atoms with Gasteiger partial charge < -0.3 is 15.0 Å². The van der Waals surface area contributed by atoms with Crippen molar-refractivity contribution >= 4 is 24.2 Å². The monoisotopic (exact) mass is 472 g/mol. The van der Waals surface area contributed by atoms with Crippen molar-refractivity contribution in [1.82, 2.24) is 20.1 Å². The van der Waals surface area contributed by atoms with Crippen molar-refractivity contribution < 1.29 is 14.3 Å². The first kappa shape index (κ1) is 25.0. The van der Waals surface area contributed by atoms with Gasteiger partial charge in [0.2, 0.25) is 5.91 Å². The third-order valence-electron chi connectivity index (χ3n) is 6.74. The lowest BCUT2D eigenvalue weighted by molar-refractivity contribution is -0.125. The molecule has 0 saturated carbocycles. The number of aromatic nitrogens is 1. The number of carbonyl (C=O) groups excluding carboxylic acids is 2. The highest BCUT2D eigenvalue weighted by molar-refractivity contribution is 5.97. The molecule has 2 amide bonds. The molecule has 0 radical (unpaired) electrons. The average Bonchev–Trinajstić information content (AvgIpc) is 3.14. The van der Waals surface area contributed by atoms with E-state index < -0.39 is 0 Å². The SMILES string of the molecule is CCOc1ccccc1C(=O)N1CCC2(CC1)CC(C(=O)NCc1ccccn1)N(C)C2.Cl. The number of hydrogen-bond donors (Lipinski definition) is 1. The molecule has 0 aliphatic carbocycles. The van der Waals surface area contributed by atoms with Crippen LogP contribution in [0.4, 0.5) is 0 Å². The van der Waals surface area contributed by atoms with E-state index in [4.69, 9.17) is 4.74 Å². The number of carbonyl (C=O) groups is 2. The van der Waals surface area contributed by atoms with Gasteiger partial charge in [0.15, 0.2) is 0 Å². The van der Waals surface area contributed by atoms with E-state index in [0.717, 1.165) is 31.5 Å². The number of likely N-dealkylation sites (N-methyl/N-ethyl adjacent to an activating group) is 1. The van der Waals surface area contributed by atoms with Crippen molar-refractivity contribution in [1.29, 1.82) is 0 Å². The molecule has 0 bridgehead atoms. The maximum atomic E-state index is 13.1. The maximum Gasteiger partial charge on any atom is 0.257 e. The van der Waals surface area contributed by atoms with E-state index in [0.29, 0.717) is 37.6 Å². The van der Waals surface area contributed by atoms with Crippen LogP contribution in [0.25, 0.3) is 0 Å². The van der Waals surface area contributed by atoms with E-state index in [9.17, 15) is 9.59 Å². The van der Waals surface area contributed by atoms with Gasteiger partial charge in [-0.15, -0.1) is 12.4 Å². The van der Waals surface area contributed by atoms with Crippen molar-refractivity contribution in [3.05, 3.63) is 59.9 Å². The first-order valence-electron chi connectivity index (χ1n) is 11.4. The van der Waals surface area contributed by atoms with Gasteiger partial charge in [0.25, 0.3) is 5.91 Å². The fourth-order valence-electron chi connectivity index (χ4n) is 5.00. The molecule has 1 N–H and O–H groups in total. The molecular weight excluding hydrogens is 440 g/mol. The zero-order chi connectivity index (χ0) is 22.6. The Balaban J connectivity index is 0.00000306. The zero-order valence-corrected chi connectivity index (χ0v) is 20.1. The Hall–Kier alpha value is -2.64. The van der Waals surface area contributed by atoms with Gasteiger partial charge in [0.1, 0.15) is 5.75 Å². The van der Waals surface area contributed by atoms with Crippen molar-refractivity contribution in [2.75, 3.05) is 33.3 Å². The quantitative estimate of drug-likeness (QED) is 0.699. The largest absolute Gasteiger partial charge is 0.493 e. The van der Waals surface area contributed by atoms with Crippen LogP contribution < -0.4 is 10.1 Å². The number of pyridine rings is 1. The number of nitrogens with zero attached hydrogens (tertiary/aromatic N) is 3. The molecule has 8 heteroatoms. The van der Waals surface area contributed by atoms with Gasteiger partial charge in [0, 0.05) is 25.8 Å². The normalized spacial score (nSPS) is 19.7. The van der Waals surface area contributed by atoms with Crippen molar-refractivity contribution in [3.8, 4) is 5.75 Å². The van der Waals surface area contributed by atoms with E-state index in [1.807, 2.05) is 61.3 Å². The summed E-state index contributed by atoms with van der Waals surface area (Å²) in [6, 6.07) is 13.0. The number of ether oxygens (including phenoxy) is 1. The van der Waals surface area contributed by atoms with Gasteiger partial charge in [0.05, 0.1) is 30.5 Å². The molecule has 1 aromatic carbocycles. The first-order valence-corrected chi connectivity index (χ1v) is 11.4. The van der Waals surface area contributed by atoms with Gasteiger partial charge in [-0.2, -0.15) is 0 Å². The highest BCUT2D eigenvalue weighted by Gasteiger charge is 2.47. The summed E-state index contributed by atoms with van der Waals surface area (Å²) in [7, 11) is 2.02. The Kier molecular flexibility index (Phi) is 8.32. The molecule has 7 nitrogen and oxygen atoms in total. The minimum atomic E-state index is -0.139. The second-order valence-electron chi connectivity index (χ2n) is 8.90. The smallest absolute Gasteiger partial charge is 0.257 e. The van der Waals surface area contributed by atoms with Gasteiger partial charge in [-0.25, -0.2) is 0 Å². The molecule has 2 aromatic rings. The van der Waals surface area contributed by atoms with E-state index in [1.165, 1.54) is 0 Å². The summed E-state index contributed by atoms with van der Waals surface area (Å²) in [5.74, 6) is 0.726. The first-order chi connectivity index (χ1) is 15.5. The van der Waals surface area contributed by atoms with E-state index in [1.54, 1.807) is 6.20 Å². The van der Waals surface area contributed by atoms with Crippen LogP contribution >= 0.6 is 12.4 Å². The van der Waals surface area contributed by atoms with Crippen LogP contribution in [0.3, 0.4) is 0 Å². The lowest BCUT2D eigenvalue weighted by atomic mass is 9.76. The fourth-order valence-corrected chi connectivity index (χ4v) is 5.00. The van der Waals surface area contributed by atoms with Crippen LogP contribution in [-0.4, -0.2) is 65.9 Å². The predicted octanol–water partition coefficient (Wildman–Crippen LogP) is 3.15. The number of likely N-dealkylation sites (tertiary alicyclic amines) is 2. The van der Waals surface area contributed by atoms with Crippen LogP contribution in [0.5, 0.6) is 5.75 Å². The molecule has 1 atom stereocenters. The van der Waals surface area contributed by atoms with Gasteiger partial charge in [-0.3, -0.25) is 19.5 Å². The molecule has 1 unspecified atom stereocenters. The van der Waals surface area contributed by atoms with E-state index in [2.05, 4.69) is 15.2 Å². The third kappa shape index (κ3) is 5.65. The van der Waals surface area contributed by atoms with Gasteiger partial charge >= 0.3 is 0 Å². The summed E-state index contributed by atoms with van der Waals surface area (Å²) in [6.07, 6.45) is 4.38. The number of amides is 2. The average molecular weight is 473 g/mol. The summed E-state index contributed by atoms with van der Waals surface area (Å²) in [4.78, 5) is 34.3. The Labute approximate surface area is 201 Å². The molecule has 2 fully saturated rings. The molecule has 2 saturated heterocycles. The lowest BCUT2D eigenvalue weighted by Gasteiger charge is -2.39. The number of rotatable bonds is 6. The number of para-hydroxylation sites is 1. The van der Waals surface area contributed by atoms with Crippen LogP contribution in [0.2, 0.25) is 0 Å². The minimum absolute atomic E-state index is 0. The molecule has 2 aliphatic heterocycles. The molecular formula is C25H33ClN4O3. The molecule has 1 spiro atoms.